The Hall–Kier alpha value is -4.20. The molecule has 0 aromatic heterocycles. The quantitative estimate of drug-likeness (QED) is 0.441. The van der Waals surface area contributed by atoms with Crippen LogP contribution in [0.5, 0.6) is 17.2 Å². The molecule has 0 bridgehead atoms. The fourth-order valence-electron chi connectivity index (χ4n) is 3.75. The molecule has 3 aromatic carbocycles. The Kier molecular flexibility index (Phi) is 5.83. The molecule has 1 heterocycles. The second-order valence-electron chi connectivity index (χ2n) is 8.19. The molecule has 0 radical (unpaired) electrons. The summed E-state index contributed by atoms with van der Waals surface area (Å²) in [6.45, 7) is 3.66. The van der Waals surface area contributed by atoms with Crippen LogP contribution < -0.4 is 14.8 Å². The summed E-state index contributed by atoms with van der Waals surface area (Å²) < 4.78 is 16.5. The molecular weight excluding hydrogens is 426 g/mol. The molecule has 0 aliphatic carbocycles. The summed E-state index contributed by atoms with van der Waals surface area (Å²) >= 11 is 0. The molecule has 0 saturated carbocycles. The topological polar surface area (TPSA) is 114 Å². The summed E-state index contributed by atoms with van der Waals surface area (Å²) in [6.07, 6.45) is 0.907. The number of carbonyl (C=O) groups excluding carboxylic acids is 1. The maximum absolute atomic E-state index is 12.9. The van der Waals surface area contributed by atoms with E-state index in [2.05, 4.69) is 5.32 Å². The number of benzene rings is 3. The van der Waals surface area contributed by atoms with Crippen molar-refractivity contribution in [2.45, 2.75) is 20.0 Å². The molecule has 1 amide bonds. The van der Waals surface area contributed by atoms with Crippen molar-refractivity contribution in [1.82, 2.24) is 0 Å². The Morgan fingerprint density at radius 3 is 2.55 bits per heavy atom. The highest BCUT2D eigenvalue weighted by Crippen LogP contribution is 2.43. The Morgan fingerprint density at radius 2 is 1.79 bits per heavy atom. The lowest BCUT2D eigenvalue weighted by molar-refractivity contribution is -0.131. The van der Waals surface area contributed by atoms with Gasteiger partial charge in [0.05, 0.1) is 0 Å². The van der Waals surface area contributed by atoms with Gasteiger partial charge in [-0.15, -0.1) is 0 Å². The molecule has 0 saturated heterocycles. The van der Waals surface area contributed by atoms with E-state index in [1.165, 1.54) is 12.1 Å². The van der Waals surface area contributed by atoms with Gasteiger partial charge in [-0.2, -0.15) is 0 Å². The third-order valence-corrected chi connectivity index (χ3v) is 5.39. The molecule has 33 heavy (non-hydrogen) atoms. The van der Waals surface area contributed by atoms with E-state index in [9.17, 15) is 14.7 Å². The second kappa shape index (κ2) is 8.74. The fourth-order valence-corrected chi connectivity index (χ4v) is 3.75. The van der Waals surface area contributed by atoms with E-state index in [-0.39, 0.29) is 12.5 Å². The van der Waals surface area contributed by atoms with Crippen molar-refractivity contribution < 1.29 is 34.0 Å². The van der Waals surface area contributed by atoms with Gasteiger partial charge in [0.2, 0.25) is 6.79 Å². The number of carboxylic acids is 1. The normalized spacial score (nSPS) is 13.8. The Labute approximate surface area is 190 Å². The standard InChI is InChI=1S/C25H23NO7/c1-25(2,12-11-22(28)29)23(18-8-9-19(27)17-6-4-3-5-16(17)18)33-24(30)26-15-7-10-20-21(13-15)32-14-31-20/h3-13,23,27H,14H2,1-2H3,(H,26,30)(H,28,29)/b12-11+/t23-/m0/s1. The number of aromatic hydroxyl groups is 1. The first-order chi connectivity index (χ1) is 15.7. The molecule has 0 unspecified atom stereocenters. The van der Waals surface area contributed by atoms with Crippen LogP contribution in [0.1, 0.15) is 25.5 Å². The van der Waals surface area contributed by atoms with E-state index in [0.29, 0.717) is 33.5 Å². The number of anilines is 1. The summed E-state index contributed by atoms with van der Waals surface area (Å²) in [5.41, 5.74) is 0.186. The molecule has 8 heteroatoms. The minimum absolute atomic E-state index is 0.0943. The maximum Gasteiger partial charge on any atom is 0.412 e. The van der Waals surface area contributed by atoms with Gasteiger partial charge in [-0.25, -0.2) is 9.59 Å². The van der Waals surface area contributed by atoms with Crippen LogP contribution in [-0.4, -0.2) is 29.1 Å². The van der Waals surface area contributed by atoms with E-state index >= 15 is 0 Å². The van der Waals surface area contributed by atoms with Gasteiger partial charge in [-0.3, -0.25) is 5.32 Å². The van der Waals surface area contributed by atoms with Crippen LogP contribution in [0.2, 0.25) is 0 Å². The van der Waals surface area contributed by atoms with E-state index in [1.807, 2.05) is 12.1 Å². The molecule has 1 aliphatic rings. The van der Waals surface area contributed by atoms with Gasteiger partial charge < -0.3 is 24.4 Å². The van der Waals surface area contributed by atoms with Crippen molar-refractivity contribution in [3.63, 3.8) is 0 Å². The number of aliphatic carboxylic acids is 1. The minimum atomic E-state index is -1.11. The largest absolute Gasteiger partial charge is 0.507 e. The average Bonchev–Trinajstić information content (AvgIpc) is 3.25. The lowest BCUT2D eigenvalue weighted by atomic mass is 9.80. The van der Waals surface area contributed by atoms with Gasteiger partial charge in [0, 0.05) is 34.2 Å². The van der Waals surface area contributed by atoms with Gasteiger partial charge in [0.15, 0.2) is 11.5 Å². The van der Waals surface area contributed by atoms with Gasteiger partial charge in [0.25, 0.3) is 0 Å². The summed E-state index contributed by atoms with van der Waals surface area (Å²) in [7, 11) is 0. The van der Waals surface area contributed by atoms with Gasteiger partial charge >= 0.3 is 12.1 Å². The van der Waals surface area contributed by atoms with Gasteiger partial charge in [0.1, 0.15) is 11.9 Å². The first-order valence-corrected chi connectivity index (χ1v) is 10.2. The van der Waals surface area contributed by atoms with E-state index in [0.717, 1.165) is 6.08 Å². The molecule has 1 aliphatic heterocycles. The molecule has 4 rings (SSSR count). The lowest BCUT2D eigenvalue weighted by Crippen LogP contribution is -2.28. The van der Waals surface area contributed by atoms with E-state index < -0.39 is 23.6 Å². The van der Waals surface area contributed by atoms with Gasteiger partial charge in [-0.1, -0.05) is 50.3 Å². The third kappa shape index (κ3) is 4.69. The minimum Gasteiger partial charge on any atom is -0.507 e. The third-order valence-electron chi connectivity index (χ3n) is 5.39. The van der Waals surface area contributed by atoms with Crippen molar-refractivity contribution in [3.05, 3.63) is 72.3 Å². The van der Waals surface area contributed by atoms with Crippen molar-refractivity contribution in [3.8, 4) is 17.2 Å². The van der Waals surface area contributed by atoms with Crippen LogP contribution in [0.25, 0.3) is 10.8 Å². The zero-order chi connectivity index (χ0) is 23.6. The van der Waals surface area contributed by atoms with Crippen LogP contribution >= 0.6 is 0 Å². The molecule has 3 N–H and O–H groups in total. The van der Waals surface area contributed by atoms with Crippen molar-refractivity contribution >= 4 is 28.5 Å². The van der Waals surface area contributed by atoms with E-state index in [1.54, 1.807) is 50.2 Å². The number of phenolic OH excluding ortho intramolecular Hbond substituents is 1. The molecule has 3 aromatic rings. The average molecular weight is 449 g/mol. The zero-order valence-electron chi connectivity index (χ0n) is 18.1. The number of fused-ring (bicyclic) bond motifs is 2. The van der Waals surface area contributed by atoms with Crippen molar-refractivity contribution in [2.75, 3.05) is 12.1 Å². The number of carboxylic acid groups (broad SMARTS) is 1. The summed E-state index contributed by atoms with van der Waals surface area (Å²) in [5.74, 6) is 0.0832. The molecule has 170 valence electrons. The Balaban J connectivity index is 1.68. The SMILES string of the molecule is CC(C)(/C=C/C(=O)O)[C@@H](OC(=O)Nc1ccc2c(c1)OCO2)c1ccc(O)c2ccccc12. The Morgan fingerprint density at radius 1 is 1.06 bits per heavy atom. The van der Waals surface area contributed by atoms with Crippen LogP contribution in [0.3, 0.4) is 0 Å². The fraction of sp³-hybridized carbons (Fsp3) is 0.200. The smallest absolute Gasteiger partial charge is 0.412 e. The first kappa shape index (κ1) is 22.0. The maximum atomic E-state index is 12.9. The second-order valence-corrected chi connectivity index (χ2v) is 8.19. The molecule has 8 nitrogen and oxygen atoms in total. The van der Waals surface area contributed by atoms with Crippen LogP contribution in [0, 0.1) is 5.41 Å². The van der Waals surface area contributed by atoms with E-state index in [4.69, 9.17) is 19.3 Å². The highest BCUT2D eigenvalue weighted by atomic mass is 16.7. The van der Waals surface area contributed by atoms with Gasteiger partial charge in [-0.05, 0) is 23.6 Å². The number of hydrogen-bond donors (Lipinski definition) is 3. The molecule has 1 atom stereocenters. The number of amides is 1. The Bertz CT molecular complexity index is 1250. The van der Waals surface area contributed by atoms with Crippen LogP contribution in [-0.2, 0) is 9.53 Å². The number of hydrogen-bond acceptors (Lipinski definition) is 6. The monoisotopic (exact) mass is 449 g/mol. The summed E-state index contributed by atoms with van der Waals surface area (Å²) in [6, 6.07) is 15.4. The number of ether oxygens (including phenoxy) is 3. The lowest BCUT2D eigenvalue weighted by Gasteiger charge is -2.32. The molecular formula is C25H23NO7. The highest BCUT2D eigenvalue weighted by Gasteiger charge is 2.34. The molecule has 0 spiro atoms. The van der Waals surface area contributed by atoms with Crippen LogP contribution in [0.15, 0.2) is 66.7 Å². The molecule has 0 fully saturated rings. The predicted octanol–water partition coefficient (Wildman–Crippen LogP) is 5.23. The number of nitrogens with one attached hydrogen (secondary N) is 1. The van der Waals surface area contributed by atoms with Crippen LogP contribution in [0.4, 0.5) is 10.5 Å². The number of phenols is 1. The predicted molar refractivity (Wildman–Crippen MR) is 122 cm³/mol. The highest BCUT2D eigenvalue weighted by molar-refractivity contribution is 5.92. The first-order valence-electron chi connectivity index (χ1n) is 10.2. The zero-order valence-corrected chi connectivity index (χ0v) is 18.1. The summed E-state index contributed by atoms with van der Waals surface area (Å²) in [4.78, 5) is 24.0. The van der Waals surface area contributed by atoms with Crippen molar-refractivity contribution in [1.29, 1.82) is 0 Å². The number of rotatable bonds is 6. The number of carbonyl (C=O) groups is 2. The summed E-state index contributed by atoms with van der Waals surface area (Å²) in [5, 5.41) is 23.4. The van der Waals surface area contributed by atoms with Crippen molar-refractivity contribution in [2.24, 2.45) is 5.41 Å².